The molecule has 20 heavy (non-hydrogen) atoms. The quantitative estimate of drug-likeness (QED) is 0.854. The van der Waals surface area contributed by atoms with Crippen molar-refractivity contribution in [2.24, 2.45) is 0 Å². The fraction of sp³-hybridized carbons (Fsp3) is 0.429. The molecule has 1 aliphatic rings. The van der Waals surface area contributed by atoms with E-state index in [4.69, 9.17) is 15.0 Å². The average molecular weight is 277 g/mol. The van der Waals surface area contributed by atoms with E-state index in [1.54, 1.807) is 0 Å². The molecular formula is C14H16FN3O2. The van der Waals surface area contributed by atoms with Gasteiger partial charge in [0.2, 0.25) is 5.82 Å². The van der Waals surface area contributed by atoms with Crippen LogP contribution in [-0.4, -0.2) is 16.7 Å². The third kappa shape index (κ3) is 2.27. The number of rotatable bonds is 2. The summed E-state index contributed by atoms with van der Waals surface area (Å²) in [5.41, 5.74) is 6.06. The lowest BCUT2D eigenvalue weighted by atomic mass is 9.95. The van der Waals surface area contributed by atoms with Crippen molar-refractivity contribution in [2.75, 3.05) is 12.3 Å². The number of halogens is 1. The summed E-state index contributed by atoms with van der Waals surface area (Å²) in [7, 11) is 0. The highest BCUT2D eigenvalue weighted by molar-refractivity contribution is 5.70. The summed E-state index contributed by atoms with van der Waals surface area (Å²) >= 11 is 0. The molecule has 6 heteroatoms. The maximum atomic E-state index is 13.1. The molecule has 1 fully saturated rings. The number of aromatic nitrogens is 2. The third-order valence-corrected chi connectivity index (χ3v) is 3.61. The number of hydrogen-bond acceptors (Lipinski definition) is 5. The number of ether oxygens (including phenoxy) is 1. The van der Waals surface area contributed by atoms with Crippen molar-refractivity contribution in [3.05, 3.63) is 29.8 Å². The summed E-state index contributed by atoms with van der Waals surface area (Å²) in [5, 5.41) is 3.99. The van der Waals surface area contributed by atoms with Crippen molar-refractivity contribution in [1.29, 1.82) is 0 Å². The van der Waals surface area contributed by atoms with E-state index in [0.29, 0.717) is 18.0 Å². The van der Waals surface area contributed by atoms with Crippen LogP contribution in [0.5, 0.6) is 0 Å². The summed E-state index contributed by atoms with van der Waals surface area (Å²) in [6.45, 7) is 2.65. The van der Waals surface area contributed by atoms with Gasteiger partial charge in [0, 0.05) is 12.3 Å². The Labute approximate surface area is 115 Å². The molecule has 0 amide bonds. The van der Waals surface area contributed by atoms with E-state index in [2.05, 4.69) is 10.1 Å². The van der Waals surface area contributed by atoms with Crippen molar-refractivity contribution in [3.63, 3.8) is 0 Å². The molecule has 2 N–H and O–H groups in total. The van der Waals surface area contributed by atoms with Gasteiger partial charge in [-0.25, -0.2) is 4.39 Å². The fourth-order valence-electron chi connectivity index (χ4n) is 2.39. The van der Waals surface area contributed by atoms with Gasteiger partial charge in [0.15, 0.2) is 0 Å². The predicted molar refractivity (Wildman–Crippen MR) is 71.3 cm³/mol. The first-order chi connectivity index (χ1) is 9.58. The fourth-order valence-corrected chi connectivity index (χ4v) is 2.39. The molecule has 2 heterocycles. The minimum absolute atomic E-state index is 0.273. The second-order valence-corrected chi connectivity index (χ2v) is 5.19. The molecule has 0 spiro atoms. The van der Waals surface area contributed by atoms with Gasteiger partial charge >= 0.3 is 0 Å². The van der Waals surface area contributed by atoms with Crippen molar-refractivity contribution in [1.82, 2.24) is 10.1 Å². The van der Waals surface area contributed by atoms with Gasteiger partial charge in [0.25, 0.3) is 5.89 Å². The SMILES string of the molecule is CC1(c2noc(-c3ccc(F)cc3N)n2)CCCCO1. The molecule has 1 saturated heterocycles. The maximum absolute atomic E-state index is 13.1. The minimum atomic E-state index is -0.519. The number of benzene rings is 1. The molecule has 0 saturated carbocycles. The zero-order chi connectivity index (χ0) is 14.2. The summed E-state index contributed by atoms with van der Waals surface area (Å²) in [6, 6.07) is 4.08. The van der Waals surface area contributed by atoms with Crippen LogP contribution in [0.2, 0.25) is 0 Å². The number of nitrogen functional groups attached to an aromatic ring is 1. The largest absolute Gasteiger partial charge is 0.398 e. The molecule has 106 valence electrons. The second kappa shape index (κ2) is 4.86. The summed E-state index contributed by atoms with van der Waals surface area (Å²) in [5.74, 6) is 0.400. The minimum Gasteiger partial charge on any atom is -0.398 e. The smallest absolute Gasteiger partial charge is 0.260 e. The van der Waals surface area contributed by atoms with Gasteiger partial charge in [-0.1, -0.05) is 5.16 Å². The molecule has 3 rings (SSSR count). The predicted octanol–water partition coefficient (Wildman–Crippen LogP) is 2.87. The first-order valence-electron chi connectivity index (χ1n) is 6.62. The van der Waals surface area contributed by atoms with Crippen molar-refractivity contribution in [3.8, 4) is 11.5 Å². The van der Waals surface area contributed by atoms with Crippen molar-refractivity contribution >= 4 is 5.69 Å². The molecule has 0 aliphatic carbocycles. The van der Waals surface area contributed by atoms with E-state index in [-0.39, 0.29) is 11.6 Å². The van der Waals surface area contributed by atoms with Crippen LogP contribution in [0, 0.1) is 5.82 Å². The number of nitrogens with two attached hydrogens (primary N) is 1. The van der Waals surface area contributed by atoms with E-state index in [1.165, 1.54) is 18.2 Å². The highest BCUT2D eigenvalue weighted by atomic mass is 19.1. The Balaban J connectivity index is 1.93. The van der Waals surface area contributed by atoms with E-state index in [0.717, 1.165) is 19.3 Å². The molecule has 1 aromatic heterocycles. The Morgan fingerprint density at radius 2 is 2.20 bits per heavy atom. The molecule has 0 radical (unpaired) electrons. The van der Waals surface area contributed by atoms with Gasteiger partial charge in [-0.15, -0.1) is 0 Å². The monoisotopic (exact) mass is 277 g/mol. The molecule has 2 aromatic rings. The van der Waals surface area contributed by atoms with Gasteiger partial charge in [0.05, 0.1) is 5.56 Å². The molecule has 0 bridgehead atoms. The molecule has 1 aliphatic heterocycles. The van der Waals surface area contributed by atoms with Crippen molar-refractivity contribution in [2.45, 2.75) is 31.8 Å². The Hall–Kier alpha value is -1.95. The van der Waals surface area contributed by atoms with Gasteiger partial charge in [-0.2, -0.15) is 4.98 Å². The first kappa shape index (κ1) is 13.1. The van der Waals surface area contributed by atoms with Gasteiger partial charge in [-0.3, -0.25) is 0 Å². The Bertz CT molecular complexity index is 621. The third-order valence-electron chi connectivity index (χ3n) is 3.61. The Morgan fingerprint density at radius 1 is 1.35 bits per heavy atom. The summed E-state index contributed by atoms with van der Waals surface area (Å²) in [6.07, 6.45) is 2.97. The van der Waals surface area contributed by atoms with Crippen LogP contribution >= 0.6 is 0 Å². The van der Waals surface area contributed by atoms with Crippen LogP contribution in [0.1, 0.15) is 32.0 Å². The Morgan fingerprint density at radius 3 is 2.90 bits per heavy atom. The second-order valence-electron chi connectivity index (χ2n) is 5.19. The zero-order valence-corrected chi connectivity index (χ0v) is 11.2. The average Bonchev–Trinajstić information content (AvgIpc) is 2.90. The standard InChI is InChI=1S/C14H16FN3O2/c1-14(6-2-3-7-19-14)13-17-12(20-18-13)10-5-4-9(15)8-11(10)16/h4-5,8H,2-3,6-7,16H2,1H3. The van der Waals surface area contributed by atoms with E-state index in [1.807, 2.05) is 6.92 Å². The number of nitrogens with zero attached hydrogens (tertiary/aromatic N) is 2. The summed E-state index contributed by atoms with van der Waals surface area (Å²) < 4.78 is 24.1. The van der Waals surface area contributed by atoms with Crippen molar-refractivity contribution < 1.29 is 13.7 Å². The number of hydrogen-bond donors (Lipinski definition) is 1. The highest BCUT2D eigenvalue weighted by Gasteiger charge is 2.35. The van der Waals surface area contributed by atoms with Gasteiger partial charge in [-0.05, 0) is 44.4 Å². The van der Waals surface area contributed by atoms with E-state index in [9.17, 15) is 4.39 Å². The molecule has 1 atom stereocenters. The van der Waals surface area contributed by atoms with Gasteiger partial charge in [0.1, 0.15) is 11.4 Å². The lowest BCUT2D eigenvalue weighted by Crippen LogP contribution is -2.31. The number of anilines is 1. The lowest BCUT2D eigenvalue weighted by molar-refractivity contribution is -0.0770. The molecule has 5 nitrogen and oxygen atoms in total. The van der Waals surface area contributed by atoms with Gasteiger partial charge < -0.3 is 15.0 Å². The zero-order valence-electron chi connectivity index (χ0n) is 11.2. The first-order valence-corrected chi connectivity index (χ1v) is 6.62. The molecule has 1 unspecified atom stereocenters. The Kier molecular flexibility index (Phi) is 3.17. The summed E-state index contributed by atoms with van der Waals surface area (Å²) in [4.78, 5) is 4.36. The highest BCUT2D eigenvalue weighted by Crippen LogP contribution is 2.34. The van der Waals surface area contributed by atoms with Crippen LogP contribution in [0.4, 0.5) is 10.1 Å². The lowest BCUT2D eigenvalue weighted by Gasteiger charge is -2.30. The molecular weight excluding hydrogens is 261 g/mol. The maximum Gasteiger partial charge on any atom is 0.260 e. The van der Waals surface area contributed by atoms with Crippen LogP contribution < -0.4 is 5.73 Å². The van der Waals surface area contributed by atoms with E-state index < -0.39 is 11.4 Å². The van der Waals surface area contributed by atoms with Crippen LogP contribution in [0.3, 0.4) is 0 Å². The van der Waals surface area contributed by atoms with Crippen LogP contribution in [-0.2, 0) is 10.3 Å². The topological polar surface area (TPSA) is 74.2 Å². The van der Waals surface area contributed by atoms with E-state index >= 15 is 0 Å². The normalized spacial score (nSPS) is 22.9. The van der Waals surface area contributed by atoms with Crippen LogP contribution in [0.15, 0.2) is 22.7 Å². The molecule has 1 aromatic carbocycles. The van der Waals surface area contributed by atoms with Crippen LogP contribution in [0.25, 0.3) is 11.5 Å².